The second kappa shape index (κ2) is 5.37. The predicted molar refractivity (Wildman–Crippen MR) is 65.4 cm³/mol. The van der Waals surface area contributed by atoms with Crippen LogP contribution in [0, 0.1) is 0 Å². The van der Waals surface area contributed by atoms with Crippen molar-refractivity contribution >= 4 is 25.8 Å². The van der Waals surface area contributed by atoms with E-state index in [0.717, 1.165) is 0 Å². The molecule has 9 heteroatoms. The van der Waals surface area contributed by atoms with E-state index in [9.17, 15) is 21.6 Å². The van der Waals surface area contributed by atoms with Crippen LogP contribution in [-0.4, -0.2) is 50.7 Å². The summed E-state index contributed by atoms with van der Waals surface area (Å²) in [6.45, 7) is 3.34. The van der Waals surface area contributed by atoms with E-state index in [4.69, 9.17) is 5.11 Å². The first kappa shape index (κ1) is 15.1. The van der Waals surface area contributed by atoms with Crippen molar-refractivity contribution in [2.24, 2.45) is 0 Å². The average Bonchev–Trinajstić information content (AvgIpc) is 2.58. The van der Waals surface area contributed by atoms with Gasteiger partial charge in [-0.25, -0.2) is 21.6 Å². The first-order chi connectivity index (χ1) is 8.18. The van der Waals surface area contributed by atoms with E-state index < -0.39 is 42.9 Å². The van der Waals surface area contributed by atoms with Crippen LogP contribution < -0.4 is 4.72 Å². The van der Waals surface area contributed by atoms with Crippen LogP contribution in [0.5, 0.6) is 0 Å². The molecule has 0 bridgehead atoms. The van der Waals surface area contributed by atoms with Crippen LogP contribution in [0.4, 0.5) is 0 Å². The molecule has 1 heterocycles. The number of sulfone groups is 1. The molecular weight excluding hydrogens is 282 g/mol. The van der Waals surface area contributed by atoms with Gasteiger partial charge in [0.1, 0.15) is 6.04 Å². The van der Waals surface area contributed by atoms with E-state index in [-0.39, 0.29) is 18.6 Å². The summed E-state index contributed by atoms with van der Waals surface area (Å²) in [5, 5.41) is 7.75. The number of carboxylic acids is 1. The van der Waals surface area contributed by atoms with Crippen molar-refractivity contribution < 1.29 is 26.7 Å². The van der Waals surface area contributed by atoms with Crippen molar-refractivity contribution in [2.45, 2.75) is 24.1 Å². The molecule has 1 fully saturated rings. The normalized spacial score (nSPS) is 24.6. The van der Waals surface area contributed by atoms with Gasteiger partial charge in [-0.3, -0.25) is 4.79 Å². The first-order valence-electron chi connectivity index (χ1n) is 5.23. The summed E-state index contributed by atoms with van der Waals surface area (Å²) < 4.78 is 48.1. The average molecular weight is 297 g/mol. The molecule has 0 aliphatic carbocycles. The number of sulfonamides is 1. The number of nitrogens with one attached hydrogen (secondary N) is 1. The van der Waals surface area contributed by atoms with Gasteiger partial charge in [0.15, 0.2) is 9.84 Å². The van der Waals surface area contributed by atoms with Crippen molar-refractivity contribution in [1.82, 2.24) is 4.72 Å². The number of carboxylic acid groups (broad SMARTS) is 1. The summed E-state index contributed by atoms with van der Waals surface area (Å²) in [7, 11) is -7.29. The minimum absolute atomic E-state index is 0.00189. The lowest BCUT2D eigenvalue weighted by Gasteiger charge is -2.16. The fourth-order valence-corrected chi connectivity index (χ4v) is 5.91. The fraction of sp³-hybridized carbons (Fsp3) is 0.667. The van der Waals surface area contributed by atoms with Crippen molar-refractivity contribution in [3.05, 3.63) is 12.7 Å². The quantitative estimate of drug-likeness (QED) is 0.615. The zero-order valence-corrected chi connectivity index (χ0v) is 11.2. The zero-order valence-electron chi connectivity index (χ0n) is 9.57. The third-order valence-corrected chi connectivity index (χ3v) is 6.51. The van der Waals surface area contributed by atoms with Gasteiger partial charge < -0.3 is 5.11 Å². The number of hydrogen-bond donors (Lipinski definition) is 2. The molecule has 18 heavy (non-hydrogen) atoms. The van der Waals surface area contributed by atoms with Gasteiger partial charge in [-0.1, -0.05) is 6.08 Å². The number of hydrogen-bond acceptors (Lipinski definition) is 5. The summed E-state index contributed by atoms with van der Waals surface area (Å²) in [5.74, 6) is -1.96. The number of aliphatic carboxylic acids is 1. The molecule has 0 radical (unpaired) electrons. The van der Waals surface area contributed by atoms with Gasteiger partial charge >= 0.3 is 5.97 Å². The molecule has 2 N–H and O–H groups in total. The first-order valence-corrected chi connectivity index (χ1v) is 8.60. The van der Waals surface area contributed by atoms with Gasteiger partial charge in [0, 0.05) is 0 Å². The van der Waals surface area contributed by atoms with Gasteiger partial charge in [0.05, 0.1) is 16.8 Å². The molecule has 0 aromatic rings. The SMILES string of the molecule is C=CCC(NS(=O)(=O)C1CCS(=O)(=O)C1)C(=O)O. The highest BCUT2D eigenvalue weighted by Crippen LogP contribution is 2.18. The van der Waals surface area contributed by atoms with E-state index in [0.29, 0.717) is 0 Å². The topological polar surface area (TPSA) is 118 Å². The van der Waals surface area contributed by atoms with Crippen LogP contribution >= 0.6 is 0 Å². The van der Waals surface area contributed by atoms with Crippen molar-refractivity contribution in [2.75, 3.05) is 11.5 Å². The lowest BCUT2D eigenvalue weighted by atomic mass is 10.2. The summed E-state index contributed by atoms with van der Waals surface area (Å²) in [5.41, 5.74) is 0. The van der Waals surface area contributed by atoms with Gasteiger partial charge in [-0.2, -0.15) is 0 Å². The van der Waals surface area contributed by atoms with E-state index in [1.54, 1.807) is 0 Å². The highest BCUT2D eigenvalue weighted by Gasteiger charge is 2.38. The van der Waals surface area contributed by atoms with E-state index in [1.807, 2.05) is 4.72 Å². The molecule has 0 amide bonds. The van der Waals surface area contributed by atoms with Crippen LogP contribution in [0.3, 0.4) is 0 Å². The predicted octanol–water partition coefficient (Wildman–Crippen LogP) is -0.878. The van der Waals surface area contributed by atoms with Gasteiger partial charge in [-0.15, -0.1) is 6.58 Å². The molecule has 2 unspecified atom stereocenters. The number of carbonyl (C=O) groups is 1. The molecule has 2 atom stereocenters. The van der Waals surface area contributed by atoms with Gasteiger partial charge in [0.2, 0.25) is 10.0 Å². The highest BCUT2D eigenvalue weighted by atomic mass is 32.2. The summed E-state index contributed by atoms with van der Waals surface area (Å²) in [6, 6.07) is -1.31. The third kappa shape index (κ3) is 3.79. The molecule has 0 aromatic heterocycles. The Morgan fingerprint density at radius 2 is 2.17 bits per heavy atom. The van der Waals surface area contributed by atoms with E-state index in [1.165, 1.54) is 6.08 Å². The molecule has 1 rings (SSSR count). The Morgan fingerprint density at radius 3 is 2.56 bits per heavy atom. The van der Waals surface area contributed by atoms with E-state index >= 15 is 0 Å². The van der Waals surface area contributed by atoms with Crippen molar-refractivity contribution in [1.29, 1.82) is 0 Å². The van der Waals surface area contributed by atoms with Crippen LogP contribution in [-0.2, 0) is 24.7 Å². The van der Waals surface area contributed by atoms with Crippen LogP contribution in [0.1, 0.15) is 12.8 Å². The summed E-state index contributed by atoms with van der Waals surface area (Å²) in [4.78, 5) is 10.8. The van der Waals surface area contributed by atoms with Crippen molar-refractivity contribution in [3.63, 3.8) is 0 Å². The minimum Gasteiger partial charge on any atom is -0.480 e. The largest absolute Gasteiger partial charge is 0.480 e. The second-order valence-electron chi connectivity index (χ2n) is 4.10. The highest BCUT2D eigenvalue weighted by molar-refractivity contribution is 7.95. The Hall–Kier alpha value is -0.930. The smallest absolute Gasteiger partial charge is 0.322 e. The molecule has 104 valence electrons. The van der Waals surface area contributed by atoms with Crippen LogP contribution in [0.25, 0.3) is 0 Å². The standard InChI is InChI=1S/C9H15NO6S2/c1-2-3-8(9(11)12)10-18(15,16)7-4-5-17(13,14)6-7/h2,7-8,10H,1,3-6H2,(H,11,12). The van der Waals surface area contributed by atoms with E-state index in [2.05, 4.69) is 6.58 Å². The lowest BCUT2D eigenvalue weighted by molar-refractivity contribution is -0.138. The number of rotatable bonds is 6. The Labute approximate surface area is 106 Å². The maximum Gasteiger partial charge on any atom is 0.322 e. The maximum absolute atomic E-state index is 11.8. The Balaban J connectivity index is 2.81. The zero-order chi connectivity index (χ0) is 14.0. The summed E-state index contributed by atoms with van der Waals surface area (Å²) in [6.07, 6.45) is 1.22. The Kier molecular flexibility index (Phi) is 4.51. The third-order valence-electron chi connectivity index (χ3n) is 2.64. The molecule has 7 nitrogen and oxygen atoms in total. The van der Waals surface area contributed by atoms with Crippen molar-refractivity contribution in [3.8, 4) is 0 Å². The van der Waals surface area contributed by atoms with Gasteiger partial charge in [-0.05, 0) is 12.8 Å². The molecule has 0 aromatic carbocycles. The second-order valence-corrected chi connectivity index (χ2v) is 8.32. The summed E-state index contributed by atoms with van der Waals surface area (Å²) >= 11 is 0. The Morgan fingerprint density at radius 1 is 1.56 bits per heavy atom. The molecule has 1 saturated heterocycles. The molecule has 1 aliphatic heterocycles. The maximum atomic E-state index is 11.8. The fourth-order valence-electron chi connectivity index (χ4n) is 1.67. The van der Waals surface area contributed by atoms with Gasteiger partial charge in [0.25, 0.3) is 0 Å². The van der Waals surface area contributed by atoms with Crippen LogP contribution in [0.2, 0.25) is 0 Å². The molecule has 0 saturated carbocycles. The molecule has 1 aliphatic rings. The Bertz CT molecular complexity index is 535. The lowest BCUT2D eigenvalue weighted by Crippen LogP contribution is -2.45. The monoisotopic (exact) mass is 297 g/mol. The minimum atomic E-state index is -3.96. The van der Waals surface area contributed by atoms with Crippen LogP contribution in [0.15, 0.2) is 12.7 Å². The molecule has 0 spiro atoms. The molecular formula is C9H15NO6S2.